The zero-order valence-corrected chi connectivity index (χ0v) is 40.1. The van der Waals surface area contributed by atoms with Gasteiger partial charge in [0.15, 0.2) is 0 Å². The Kier molecular flexibility index (Phi) is 16.4. The lowest BCUT2D eigenvalue weighted by Gasteiger charge is -2.36. The van der Waals surface area contributed by atoms with E-state index in [4.69, 9.17) is 18.0 Å². The number of aliphatic hydroxyl groups is 1. The van der Waals surface area contributed by atoms with Crippen molar-refractivity contribution in [1.82, 2.24) is 0 Å². The van der Waals surface area contributed by atoms with Crippen LogP contribution in [0.25, 0.3) is 37.5 Å². The summed E-state index contributed by atoms with van der Waals surface area (Å²) >= 11 is 0. The molecule has 0 heterocycles. The Morgan fingerprint density at radius 2 is 1.12 bits per heavy atom. The zero-order chi connectivity index (χ0) is 46.6. The number of nitrogen functional groups attached to an aromatic ring is 2. The molecular formula is C59H71N6O+. The van der Waals surface area contributed by atoms with E-state index in [2.05, 4.69) is 96.6 Å². The third-order valence-corrected chi connectivity index (χ3v) is 13.8. The molecule has 0 spiro atoms. The molecule has 0 bridgehead atoms. The molecule has 2 aliphatic carbocycles. The number of anilines is 3. The molecule has 0 amide bonds. The Hall–Kier alpha value is -6.31. The van der Waals surface area contributed by atoms with Gasteiger partial charge in [-0.2, -0.15) is 0 Å². The van der Waals surface area contributed by atoms with Crippen LogP contribution in [-0.4, -0.2) is 41.6 Å². The van der Waals surface area contributed by atoms with E-state index < -0.39 is 0 Å². The molecular weight excluding hydrogens is 809 g/mol. The van der Waals surface area contributed by atoms with E-state index in [-0.39, 0.29) is 11.5 Å². The lowest BCUT2D eigenvalue weighted by atomic mass is 9.69. The van der Waals surface area contributed by atoms with Crippen LogP contribution in [0.3, 0.4) is 0 Å². The maximum atomic E-state index is 13.0. The van der Waals surface area contributed by atoms with Gasteiger partial charge in [-0.05, 0) is 60.9 Å². The van der Waals surface area contributed by atoms with Crippen molar-refractivity contribution in [2.45, 2.75) is 130 Å². The molecule has 0 aliphatic heterocycles. The molecule has 7 heteroatoms. The van der Waals surface area contributed by atoms with Crippen LogP contribution >= 0.6 is 0 Å². The Morgan fingerprint density at radius 1 is 0.591 bits per heavy atom. The van der Waals surface area contributed by atoms with Gasteiger partial charge in [0.25, 0.3) is 5.70 Å². The molecule has 0 saturated heterocycles. The van der Waals surface area contributed by atoms with E-state index in [0.29, 0.717) is 28.1 Å². The number of unbranched alkanes of at least 4 members (excludes halogenated alkanes) is 12. The van der Waals surface area contributed by atoms with E-state index in [9.17, 15) is 10.4 Å². The van der Waals surface area contributed by atoms with Crippen LogP contribution < -0.4 is 16.4 Å². The first-order valence-electron chi connectivity index (χ1n) is 25.2. The topological polar surface area (TPSA) is 107 Å². The van der Waals surface area contributed by atoms with Crippen LogP contribution in [0.4, 0.5) is 17.1 Å². The number of hydrogen-bond acceptors (Lipinski definition) is 5. The monoisotopic (exact) mass is 880 g/mol. The van der Waals surface area contributed by atoms with Crippen LogP contribution in [-0.2, 0) is 0 Å². The van der Waals surface area contributed by atoms with Gasteiger partial charge in [-0.25, -0.2) is 14.7 Å². The molecule has 5 aromatic carbocycles. The number of nitriles is 1. The Labute approximate surface area is 394 Å². The predicted molar refractivity (Wildman–Crippen MR) is 280 cm³/mol. The van der Waals surface area contributed by atoms with Crippen LogP contribution in [0.1, 0.15) is 158 Å². The van der Waals surface area contributed by atoms with Crippen molar-refractivity contribution in [3.05, 3.63) is 147 Å². The molecule has 0 unspecified atom stereocenters. The summed E-state index contributed by atoms with van der Waals surface area (Å²) in [7, 11) is 0. The van der Waals surface area contributed by atoms with E-state index >= 15 is 0 Å². The minimum absolute atomic E-state index is 0.0401. The minimum atomic E-state index is -0.0774. The van der Waals surface area contributed by atoms with E-state index in [1.54, 1.807) is 0 Å². The highest BCUT2D eigenvalue weighted by Gasteiger charge is 2.43. The first kappa shape index (κ1) is 47.6. The van der Waals surface area contributed by atoms with Crippen molar-refractivity contribution in [1.29, 1.82) is 5.26 Å². The van der Waals surface area contributed by atoms with Gasteiger partial charge in [-0.3, -0.25) is 0 Å². The molecule has 2 aliphatic rings. The lowest BCUT2D eigenvalue weighted by Crippen LogP contribution is -2.31. The summed E-state index contributed by atoms with van der Waals surface area (Å²) in [5.41, 5.74) is 24.3. The van der Waals surface area contributed by atoms with Crippen molar-refractivity contribution in [2.75, 3.05) is 42.5 Å². The van der Waals surface area contributed by atoms with Crippen LogP contribution in [0.15, 0.2) is 108 Å². The summed E-state index contributed by atoms with van der Waals surface area (Å²) in [6, 6.07) is 31.3. The lowest BCUT2D eigenvalue weighted by molar-refractivity contribution is -0.528. The highest BCUT2D eigenvalue weighted by Crippen LogP contribution is 2.57. The third kappa shape index (κ3) is 9.50. The van der Waals surface area contributed by atoms with E-state index in [1.165, 1.54) is 77.0 Å². The van der Waals surface area contributed by atoms with Crippen molar-refractivity contribution in [3.63, 3.8) is 0 Å². The van der Waals surface area contributed by atoms with Gasteiger partial charge in [-0.1, -0.05) is 153 Å². The fourth-order valence-corrected chi connectivity index (χ4v) is 10.5. The molecule has 0 radical (unpaired) electrons. The molecule has 0 fully saturated rings. The summed E-state index contributed by atoms with van der Waals surface area (Å²) in [6.45, 7) is 21.2. The van der Waals surface area contributed by atoms with Gasteiger partial charge in [0, 0.05) is 86.9 Å². The highest BCUT2D eigenvalue weighted by atomic mass is 16.3. The second-order valence-electron chi connectivity index (χ2n) is 18.3. The number of allylic oxidation sites excluding steroid dienone is 3. The van der Waals surface area contributed by atoms with Crippen molar-refractivity contribution < 1.29 is 9.68 Å². The number of aliphatic hydroxyl groups excluding tert-OH is 1. The maximum Gasteiger partial charge on any atom is 0.270 e. The van der Waals surface area contributed by atoms with Crippen LogP contribution in [0, 0.1) is 17.9 Å². The molecule has 7 nitrogen and oxygen atoms in total. The van der Waals surface area contributed by atoms with Gasteiger partial charge < -0.3 is 21.5 Å². The number of rotatable bonds is 22. The Bertz CT molecular complexity index is 2730. The summed E-state index contributed by atoms with van der Waals surface area (Å²) in [5.74, 6) is 0.0401. The van der Waals surface area contributed by atoms with Gasteiger partial charge in [0.2, 0.25) is 5.71 Å². The molecule has 66 heavy (non-hydrogen) atoms. The van der Waals surface area contributed by atoms with Crippen molar-refractivity contribution in [2.24, 2.45) is 0 Å². The number of nitrogens with two attached hydrogens (primary N) is 2. The molecule has 342 valence electrons. The first-order valence-corrected chi connectivity index (χ1v) is 25.2. The van der Waals surface area contributed by atoms with Gasteiger partial charge in [0.05, 0.1) is 29.5 Å². The molecule has 5 N–H and O–H groups in total. The summed E-state index contributed by atoms with van der Waals surface area (Å²) in [4.78, 5) is 6.46. The number of fused-ring (bicyclic) bond motifs is 4. The number of hydrogen-bond donors (Lipinski definition) is 3. The minimum Gasteiger partial charge on any atom is -0.507 e. The smallest absolute Gasteiger partial charge is 0.270 e. The van der Waals surface area contributed by atoms with Gasteiger partial charge in [-0.15, -0.1) is 0 Å². The Morgan fingerprint density at radius 3 is 1.73 bits per heavy atom. The molecule has 0 saturated carbocycles. The van der Waals surface area contributed by atoms with Gasteiger partial charge >= 0.3 is 0 Å². The fraction of sp³-hybridized carbons (Fsp3) is 0.407. The molecule has 5 aromatic rings. The Balaban J connectivity index is 1.53. The van der Waals surface area contributed by atoms with Crippen LogP contribution in [0.2, 0.25) is 0 Å². The first-order chi connectivity index (χ1) is 32.4. The predicted octanol–water partition coefficient (Wildman–Crippen LogP) is 14.9. The second kappa shape index (κ2) is 22.7. The SMILES string of the molecule is [C-]#[N+]C(C#N)=C1C(c2c3ccccc3c(N(CCCCCC)CCCCCC)c3cccc(N)c23)=C(O)/C1=C1\c2ccccc2C(=[N+](CCCCCC)CCCCCC)c2cccc(N)c21. The average Bonchev–Trinajstić information content (AvgIpc) is 3.33. The molecule has 0 aromatic heterocycles. The highest BCUT2D eigenvalue weighted by molar-refractivity contribution is 6.27. The number of benzene rings is 5. The van der Waals surface area contributed by atoms with Crippen LogP contribution in [0.5, 0.6) is 0 Å². The normalized spacial score (nSPS) is 15.0. The van der Waals surface area contributed by atoms with Gasteiger partial charge in [0.1, 0.15) is 18.8 Å². The summed E-state index contributed by atoms with van der Waals surface area (Å²) in [6.07, 6.45) is 18.6. The quantitative estimate of drug-likeness (QED) is 0.0157. The number of nitrogens with zero attached hydrogens (tertiary/aromatic N) is 4. The average molecular weight is 880 g/mol. The summed E-state index contributed by atoms with van der Waals surface area (Å²) in [5, 5.41) is 27.7. The fourth-order valence-electron chi connectivity index (χ4n) is 10.5. The zero-order valence-electron chi connectivity index (χ0n) is 40.1. The largest absolute Gasteiger partial charge is 0.507 e. The second-order valence-corrected chi connectivity index (χ2v) is 18.3. The van der Waals surface area contributed by atoms with E-state index in [1.807, 2.05) is 36.4 Å². The third-order valence-electron chi connectivity index (χ3n) is 13.8. The molecule has 7 rings (SSSR count). The van der Waals surface area contributed by atoms with Crippen molar-refractivity contribution >= 4 is 55.5 Å². The van der Waals surface area contributed by atoms with Crippen molar-refractivity contribution in [3.8, 4) is 6.07 Å². The molecule has 0 atom stereocenters. The van der Waals surface area contributed by atoms with E-state index in [0.717, 1.165) is 118 Å². The maximum absolute atomic E-state index is 13.0. The summed E-state index contributed by atoms with van der Waals surface area (Å²) < 4.78 is 2.57. The standard InChI is InChI=1S/C59H70N6O/c1-6-10-14-22-36-64(37-23-15-11-7-2)57-43-30-20-18-28-41(43)52(50-45(57)32-26-34-47(50)61)55-54(49(40-60)63-5)56(59(55)66)53-42-29-19-21-31-44(42)58(46-33-27-35-48(62)51(46)53)65(38-24-16-12-8-3)39-25-17-13-9-4/h18-21,26-35H,6-17,22-25,36-39,61-62H2,1-4H3/p+1.